The largest absolute Gasteiger partial charge is 0.389 e. The van der Waals surface area contributed by atoms with E-state index in [-0.39, 0.29) is 6.42 Å². The third-order valence-corrected chi connectivity index (χ3v) is 2.39. The highest BCUT2D eigenvalue weighted by molar-refractivity contribution is 6.08. The Balaban J connectivity index is 3.59. The van der Waals surface area contributed by atoms with Crippen LogP contribution in [0.1, 0.15) is 26.2 Å². The van der Waals surface area contributed by atoms with Gasteiger partial charge in [0, 0.05) is 16.7 Å². The molecule has 2 nitrogen and oxygen atoms in total. The van der Waals surface area contributed by atoms with Gasteiger partial charge in [-0.15, -0.1) is 0 Å². The Bertz CT molecular complexity index is 154. The van der Waals surface area contributed by atoms with E-state index >= 15 is 0 Å². The zero-order valence-corrected chi connectivity index (χ0v) is 10.6. The minimum atomic E-state index is -4.10. The molecule has 0 aliphatic heterocycles. The SMILES string of the molecule is CC(CCC(F)(F)F)OC(N)CC[SiH3]. The first kappa shape index (κ1) is 13.9. The van der Waals surface area contributed by atoms with Crippen LogP contribution in [0.4, 0.5) is 13.2 Å². The van der Waals surface area contributed by atoms with Crippen LogP contribution < -0.4 is 5.73 Å². The van der Waals surface area contributed by atoms with Crippen LogP contribution >= 0.6 is 0 Å². The molecule has 86 valence electrons. The fourth-order valence-corrected chi connectivity index (χ4v) is 1.65. The molecular weight excluding hydrogens is 211 g/mol. The van der Waals surface area contributed by atoms with E-state index in [1.807, 2.05) is 0 Å². The molecule has 0 heterocycles. The van der Waals surface area contributed by atoms with Crippen molar-refractivity contribution in [2.75, 3.05) is 0 Å². The summed E-state index contributed by atoms with van der Waals surface area (Å²) in [4.78, 5) is 0. The summed E-state index contributed by atoms with van der Waals surface area (Å²) in [6, 6.07) is 1.01. The average molecular weight is 229 g/mol. The predicted octanol–water partition coefficient (Wildman–Crippen LogP) is 1.19. The summed E-state index contributed by atoms with van der Waals surface area (Å²) in [7, 11) is 1.04. The number of nitrogens with two attached hydrogens (primary N) is 1. The molecule has 0 rings (SSSR count). The summed E-state index contributed by atoms with van der Waals surface area (Å²) >= 11 is 0. The number of rotatable bonds is 6. The van der Waals surface area contributed by atoms with E-state index in [0.717, 1.165) is 22.7 Å². The van der Waals surface area contributed by atoms with Crippen LogP contribution in [0.2, 0.25) is 6.04 Å². The third-order valence-electron chi connectivity index (χ3n) is 1.81. The second-order valence-electron chi connectivity index (χ2n) is 3.43. The number of hydrogen-bond donors (Lipinski definition) is 1. The Morgan fingerprint density at radius 3 is 2.36 bits per heavy atom. The lowest BCUT2D eigenvalue weighted by atomic mass is 10.2. The normalized spacial score (nSPS) is 16.9. The summed E-state index contributed by atoms with van der Waals surface area (Å²) in [5.74, 6) is 0. The molecule has 0 aromatic rings. The molecule has 0 saturated carbocycles. The molecule has 2 atom stereocenters. The highest BCUT2D eigenvalue weighted by atomic mass is 28.1. The number of alkyl halides is 3. The Labute approximate surface area is 85.4 Å². The highest BCUT2D eigenvalue weighted by Gasteiger charge is 2.27. The topological polar surface area (TPSA) is 35.2 Å². The van der Waals surface area contributed by atoms with Gasteiger partial charge in [-0.25, -0.2) is 0 Å². The number of hydrogen-bond acceptors (Lipinski definition) is 2. The molecule has 0 aliphatic rings. The fourth-order valence-electron chi connectivity index (χ4n) is 1.09. The van der Waals surface area contributed by atoms with Gasteiger partial charge in [-0.3, -0.25) is 0 Å². The predicted molar refractivity (Wildman–Crippen MR) is 53.2 cm³/mol. The van der Waals surface area contributed by atoms with Gasteiger partial charge in [-0.1, -0.05) is 6.04 Å². The zero-order valence-electron chi connectivity index (χ0n) is 8.60. The molecule has 0 radical (unpaired) electrons. The van der Waals surface area contributed by atoms with E-state index in [2.05, 4.69) is 0 Å². The van der Waals surface area contributed by atoms with Gasteiger partial charge in [0.2, 0.25) is 0 Å². The van der Waals surface area contributed by atoms with Crippen LogP contribution in [0.5, 0.6) is 0 Å². The van der Waals surface area contributed by atoms with E-state index in [9.17, 15) is 13.2 Å². The van der Waals surface area contributed by atoms with Gasteiger partial charge >= 0.3 is 6.18 Å². The van der Waals surface area contributed by atoms with Crippen molar-refractivity contribution in [1.29, 1.82) is 0 Å². The Morgan fingerprint density at radius 2 is 1.93 bits per heavy atom. The van der Waals surface area contributed by atoms with E-state index in [1.165, 1.54) is 0 Å². The third kappa shape index (κ3) is 8.52. The van der Waals surface area contributed by atoms with E-state index in [1.54, 1.807) is 6.92 Å². The monoisotopic (exact) mass is 229 g/mol. The maximum absolute atomic E-state index is 11.8. The molecule has 0 fully saturated rings. The summed E-state index contributed by atoms with van der Waals surface area (Å²) in [6.07, 6.45) is -5.00. The lowest BCUT2D eigenvalue weighted by Gasteiger charge is -2.19. The molecule has 0 saturated heterocycles. The molecule has 14 heavy (non-hydrogen) atoms. The maximum Gasteiger partial charge on any atom is 0.389 e. The number of halogens is 3. The first-order chi connectivity index (χ1) is 6.35. The van der Waals surface area contributed by atoms with E-state index in [4.69, 9.17) is 10.5 Å². The van der Waals surface area contributed by atoms with Crippen molar-refractivity contribution in [3.8, 4) is 0 Å². The van der Waals surface area contributed by atoms with Crippen molar-refractivity contribution in [2.45, 2.75) is 50.7 Å². The Kier molecular flexibility index (Phi) is 6.38. The lowest BCUT2D eigenvalue weighted by Crippen LogP contribution is -2.28. The molecule has 2 unspecified atom stereocenters. The minimum Gasteiger partial charge on any atom is -0.361 e. The van der Waals surface area contributed by atoms with Crippen molar-refractivity contribution in [2.24, 2.45) is 5.73 Å². The van der Waals surface area contributed by atoms with Crippen molar-refractivity contribution in [3.05, 3.63) is 0 Å². The fraction of sp³-hybridized carbons (Fsp3) is 1.00. The molecule has 0 spiro atoms. The molecule has 0 aromatic heterocycles. The van der Waals surface area contributed by atoms with Gasteiger partial charge in [0.15, 0.2) is 0 Å². The van der Waals surface area contributed by atoms with Gasteiger partial charge in [0.1, 0.15) is 6.23 Å². The standard InChI is InChI=1S/C8H18F3NOSi/c1-6(2-4-8(9,10)11)13-7(12)3-5-14/h6-7H,2-5,12H2,1,14H3. The van der Waals surface area contributed by atoms with Crippen LogP contribution in [0.15, 0.2) is 0 Å². The van der Waals surface area contributed by atoms with Crippen LogP contribution in [0, 0.1) is 0 Å². The summed E-state index contributed by atoms with van der Waals surface area (Å²) in [5.41, 5.74) is 5.54. The van der Waals surface area contributed by atoms with Crippen LogP contribution in [0.25, 0.3) is 0 Å². The quantitative estimate of drug-likeness (QED) is 0.548. The van der Waals surface area contributed by atoms with Gasteiger partial charge in [-0.05, 0) is 19.8 Å². The maximum atomic E-state index is 11.8. The molecule has 6 heteroatoms. The molecule has 0 bridgehead atoms. The van der Waals surface area contributed by atoms with Crippen LogP contribution in [0.3, 0.4) is 0 Å². The van der Waals surface area contributed by atoms with Crippen molar-refractivity contribution in [1.82, 2.24) is 0 Å². The van der Waals surface area contributed by atoms with Crippen LogP contribution in [-0.4, -0.2) is 28.8 Å². The Morgan fingerprint density at radius 1 is 1.36 bits per heavy atom. The Hall–Kier alpha value is -0.0731. The van der Waals surface area contributed by atoms with Crippen molar-refractivity contribution in [3.63, 3.8) is 0 Å². The zero-order chi connectivity index (χ0) is 11.2. The summed E-state index contributed by atoms with van der Waals surface area (Å²) in [6.45, 7) is 1.62. The van der Waals surface area contributed by atoms with Gasteiger partial charge < -0.3 is 10.5 Å². The summed E-state index contributed by atoms with van der Waals surface area (Å²) < 4.78 is 40.6. The smallest absolute Gasteiger partial charge is 0.361 e. The highest BCUT2D eigenvalue weighted by Crippen LogP contribution is 2.23. The minimum absolute atomic E-state index is 0.0155. The number of ether oxygens (including phenoxy) is 1. The van der Waals surface area contributed by atoms with Crippen LogP contribution in [-0.2, 0) is 4.74 Å². The molecule has 2 N–H and O–H groups in total. The molecule has 0 aliphatic carbocycles. The van der Waals surface area contributed by atoms with Crippen molar-refractivity contribution < 1.29 is 17.9 Å². The van der Waals surface area contributed by atoms with Gasteiger partial charge in [-0.2, -0.15) is 13.2 Å². The van der Waals surface area contributed by atoms with E-state index in [0.29, 0.717) is 0 Å². The lowest BCUT2D eigenvalue weighted by molar-refractivity contribution is -0.143. The first-order valence-electron chi connectivity index (χ1n) is 4.83. The van der Waals surface area contributed by atoms with Crippen molar-refractivity contribution >= 4 is 10.2 Å². The molecule has 0 aromatic carbocycles. The second kappa shape index (κ2) is 6.42. The summed E-state index contributed by atoms with van der Waals surface area (Å²) in [5, 5.41) is 0. The van der Waals surface area contributed by atoms with Gasteiger partial charge in [0.05, 0.1) is 6.10 Å². The first-order valence-corrected chi connectivity index (χ1v) is 6.24. The molecule has 0 amide bonds. The van der Waals surface area contributed by atoms with E-state index < -0.39 is 24.9 Å². The van der Waals surface area contributed by atoms with Gasteiger partial charge in [0.25, 0.3) is 0 Å². The molecular formula is C8H18F3NOSi. The second-order valence-corrected chi connectivity index (χ2v) is 4.43. The average Bonchev–Trinajstić information content (AvgIpc) is 2.00.